The summed E-state index contributed by atoms with van der Waals surface area (Å²) in [7, 11) is 1.88. The third kappa shape index (κ3) is 2.61. The van der Waals surface area contributed by atoms with Crippen molar-refractivity contribution in [2.45, 2.75) is 13.8 Å². The van der Waals surface area contributed by atoms with Crippen molar-refractivity contribution in [2.75, 3.05) is 5.73 Å². The first-order valence-electron chi connectivity index (χ1n) is 7.00. The molecule has 3 rings (SSSR count). The lowest BCUT2D eigenvalue weighted by molar-refractivity contribution is 0.475. The van der Waals surface area contributed by atoms with E-state index in [0.29, 0.717) is 17.2 Å². The molecule has 0 amide bonds. The van der Waals surface area contributed by atoms with Crippen molar-refractivity contribution < 1.29 is 5.11 Å². The van der Waals surface area contributed by atoms with Crippen LogP contribution in [-0.4, -0.2) is 24.9 Å². The first-order valence-corrected chi connectivity index (χ1v) is 7.38. The fraction of sp³-hybridized carbons (Fsp3) is 0.188. The predicted molar refractivity (Wildman–Crippen MR) is 90.2 cm³/mol. The molecule has 0 bridgehead atoms. The molecule has 118 valence electrons. The molecule has 6 nitrogen and oxygen atoms in total. The summed E-state index contributed by atoms with van der Waals surface area (Å²) in [5.41, 5.74) is 10.6. The zero-order valence-corrected chi connectivity index (χ0v) is 13.8. The lowest BCUT2D eigenvalue weighted by Crippen LogP contribution is -2.00. The Labute approximate surface area is 138 Å². The van der Waals surface area contributed by atoms with Crippen LogP contribution in [-0.2, 0) is 7.05 Å². The van der Waals surface area contributed by atoms with Crippen LogP contribution in [0.15, 0.2) is 24.4 Å². The Kier molecular flexibility index (Phi) is 3.69. The molecule has 7 heteroatoms. The number of benzene rings is 1. The van der Waals surface area contributed by atoms with E-state index in [1.807, 2.05) is 20.9 Å². The molecule has 0 aliphatic rings. The van der Waals surface area contributed by atoms with E-state index in [1.54, 1.807) is 16.8 Å². The quantitative estimate of drug-likeness (QED) is 0.754. The average molecular weight is 330 g/mol. The Morgan fingerprint density at radius 2 is 1.96 bits per heavy atom. The van der Waals surface area contributed by atoms with Crippen LogP contribution >= 0.6 is 11.6 Å². The summed E-state index contributed by atoms with van der Waals surface area (Å²) in [5, 5.41) is 14.3. The standard InChI is InChI=1S/C16H16ClN5O/c1-8-14(9(2)22(3)21-8)16-15(19-7-13(18)20-16)10-4-5-12(23)11(17)6-10/h4-7,23H,1-3H3,(H2,18,20). The third-order valence-electron chi connectivity index (χ3n) is 3.76. The van der Waals surface area contributed by atoms with Crippen molar-refractivity contribution in [3.63, 3.8) is 0 Å². The van der Waals surface area contributed by atoms with E-state index >= 15 is 0 Å². The van der Waals surface area contributed by atoms with Gasteiger partial charge in [-0.1, -0.05) is 11.6 Å². The van der Waals surface area contributed by atoms with Crippen molar-refractivity contribution in [2.24, 2.45) is 7.05 Å². The van der Waals surface area contributed by atoms with Gasteiger partial charge >= 0.3 is 0 Å². The molecule has 23 heavy (non-hydrogen) atoms. The van der Waals surface area contributed by atoms with Crippen LogP contribution in [0.1, 0.15) is 11.4 Å². The Balaban J connectivity index is 2.29. The molecule has 0 unspecified atom stereocenters. The van der Waals surface area contributed by atoms with E-state index in [4.69, 9.17) is 17.3 Å². The molecule has 3 N–H and O–H groups in total. The minimum Gasteiger partial charge on any atom is -0.506 e. The zero-order chi connectivity index (χ0) is 16.7. The summed E-state index contributed by atoms with van der Waals surface area (Å²) < 4.78 is 1.79. The number of hydrogen-bond donors (Lipinski definition) is 2. The van der Waals surface area contributed by atoms with E-state index in [1.165, 1.54) is 12.3 Å². The van der Waals surface area contributed by atoms with Crippen LogP contribution in [0.3, 0.4) is 0 Å². The van der Waals surface area contributed by atoms with E-state index in [9.17, 15) is 5.11 Å². The molecule has 2 aromatic heterocycles. The summed E-state index contributed by atoms with van der Waals surface area (Å²) in [5.74, 6) is 0.352. The maximum absolute atomic E-state index is 9.61. The number of nitrogen functional groups attached to an aromatic ring is 1. The second-order valence-corrected chi connectivity index (χ2v) is 5.73. The Bertz CT molecular complexity index is 904. The number of aromatic nitrogens is 4. The zero-order valence-electron chi connectivity index (χ0n) is 13.0. The van der Waals surface area contributed by atoms with E-state index < -0.39 is 0 Å². The van der Waals surface area contributed by atoms with E-state index in [0.717, 1.165) is 22.5 Å². The molecule has 3 aromatic rings. The molecule has 0 aliphatic heterocycles. The number of phenolic OH excluding ortho intramolecular Hbond substituents is 1. The summed E-state index contributed by atoms with van der Waals surface area (Å²) in [6, 6.07) is 4.93. The fourth-order valence-electron chi connectivity index (χ4n) is 2.56. The predicted octanol–water partition coefficient (Wildman–Crippen LogP) is 3.10. The highest BCUT2D eigenvalue weighted by molar-refractivity contribution is 6.32. The maximum atomic E-state index is 9.61. The van der Waals surface area contributed by atoms with Crippen molar-refractivity contribution in [1.29, 1.82) is 0 Å². The van der Waals surface area contributed by atoms with Gasteiger partial charge in [0.1, 0.15) is 17.3 Å². The number of rotatable bonds is 2. The molecule has 0 radical (unpaired) electrons. The van der Waals surface area contributed by atoms with Crippen LogP contribution in [0.25, 0.3) is 22.5 Å². The first-order chi connectivity index (χ1) is 10.9. The number of aromatic hydroxyl groups is 1. The third-order valence-corrected chi connectivity index (χ3v) is 4.06. The molecule has 0 fully saturated rings. The summed E-state index contributed by atoms with van der Waals surface area (Å²) in [6.07, 6.45) is 1.50. The van der Waals surface area contributed by atoms with Crippen molar-refractivity contribution in [1.82, 2.24) is 19.7 Å². The number of aryl methyl sites for hydroxylation is 2. The van der Waals surface area contributed by atoms with Crippen LogP contribution in [0.4, 0.5) is 5.82 Å². The monoisotopic (exact) mass is 329 g/mol. The molecule has 0 aliphatic carbocycles. The normalized spacial score (nSPS) is 11.0. The smallest absolute Gasteiger partial charge is 0.142 e. The number of halogens is 1. The minimum atomic E-state index is 0.0223. The largest absolute Gasteiger partial charge is 0.506 e. The molecule has 1 aromatic carbocycles. The van der Waals surface area contributed by atoms with Gasteiger partial charge in [0.25, 0.3) is 0 Å². The first kappa shape index (κ1) is 15.3. The Morgan fingerprint density at radius 1 is 1.22 bits per heavy atom. The topological polar surface area (TPSA) is 89.9 Å². The van der Waals surface area contributed by atoms with Gasteiger partial charge in [-0.05, 0) is 32.0 Å². The lowest BCUT2D eigenvalue weighted by Gasteiger charge is -2.10. The van der Waals surface area contributed by atoms with Gasteiger partial charge in [-0.3, -0.25) is 9.67 Å². The van der Waals surface area contributed by atoms with Crippen molar-refractivity contribution >= 4 is 17.4 Å². The van der Waals surface area contributed by atoms with Gasteiger partial charge in [-0.2, -0.15) is 5.10 Å². The number of hydrogen-bond acceptors (Lipinski definition) is 5. The number of nitrogens with zero attached hydrogens (tertiary/aromatic N) is 4. The highest BCUT2D eigenvalue weighted by Gasteiger charge is 2.19. The van der Waals surface area contributed by atoms with Crippen LogP contribution in [0.2, 0.25) is 5.02 Å². The minimum absolute atomic E-state index is 0.0223. The SMILES string of the molecule is Cc1nn(C)c(C)c1-c1nc(N)cnc1-c1ccc(O)c(Cl)c1. The van der Waals surface area contributed by atoms with Gasteiger partial charge < -0.3 is 10.8 Å². The van der Waals surface area contributed by atoms with Gasteiger partial charge in [0, 0.05) is 23.9 Å². The molecule has 0 saturated carbocycles. The van der Waals surface area contributed by atoms with E-state index in [-0.39, 0.29) is 10.8 Å². The van der Waals surface area contributed by atoms with Crippen molar-refractivity contribution in [3.05, 3.63) is 40.8 Å². The van der Waals surface area contributed by atoms with Gasteiger partial charge in [-0.15, -0.1) is 0 Å². The molecule has 0 saturated heterocycles. The number of phenols is 1. The molecular formula is C16H16ClN5O. The van der Waals surface area contributed by atoms with Crippen LogP contribution in [0, 0.1) is 13.8 Å². The van der Waals surface area contributed by atoms with Gasteiger partial charge in [-0.25, -0.2) is 4.98 Å². The summed E-state index contributed by atoms with van der Waals surface area (Å²) in [6.45, 7) is 3.88. The number of nitrogens with two attached hydrogens (primary N) is 1. The Hall–Kier alpha value is -2.60. The highest BCUT2D eigenvalue weighted by Crippen LogP contribution is 2.35. The second-order valence-electron chi connectivity index (χ2n) is 5.33. The molecule has 0 atom stereocenters. The van der Waals surface area contributed by atoms with Gasteiger partial charge in [0.05, 0.1) is 22.6 Å². The van der Waals surface area contributed by atoms with Crippen molar-refractivity contribution in [3.8, 4) is 28.3 Å². The summed E-state index contributed by atoms with van der Waals surface area (Å²) >= 11 is 6.02. The summed E-state index contributed by atoms with van der Waals surface area (Å²) in [4.78, 5) is 8.89. The second kappa shape index (κ2) is 5.55. The molecular weight excluding hydrogens is 314 g/mol. The van der Waals surface area contributed by atoms with Crippen LogP contribution in [0.5, 0.6) is 5.75 Å². The molecule has 0 spiro atoms. The maximum Gasteiger partial charge on any atom is 0.142 e. The highest BCUT2D eigenvalue weighted by atomic mass is 35.5. The van der Waals surface area contributed by atoms with E-state index in [2.05, 4.69) is 15.1 Å². The Morgan fingerprint density at radius 3 is 2.57 bits per heavy atom. The average Bonchev–Trinajstić information content (AvgIpc) is 2.75. The fourth-order valence-corrected chi connectivity index (χ4v) is 2.74. The van der Waals surface area contributed by atoms with Gasteiger partial charge in [0.15, 0.2) is 0 Å². The van der Waals surface area contributed by atoms with Gasteiger partial charge in [0.2, 0.25) is 0 Å². The van der Waals surface area contributed by atoms with Crippen LogP contribution < -0.4 is 5.73 Å². The number of anilines is 1. The molecule has 2 heterocycles. The lowest BCUT2D eigenvalue weighted by atomic mass is 10.0.